The molecule has 0 aliphatic heterocycles. The van der Waals surface area contributed by atoms with Gasteiger partial charge in [-0.3, -0.25) is 0 Å². The smallest absolute Gasteiger partial charge is 0.354 e. The number of rotatable bonds is 3. The topological polar surface area (TPSA) is 107 Å². The van der Waals surface area contributed by atoms with E-state index in [1.54, 1.807) is 0 Å². The highest BCUT2D eigenvalue weighted by atomic mass is 16.4. The molecule has 2 heterocycles. The van der Waals surface area contributed by atoms with Gasteiger partial charge in [0.2, 0.25) is 0 Å². The summed E-state index contributed by atoms with van der Waals surface area (Å²) in [6.07, 6.45) is 4.35. The maximum atomic E-state index is 11.1. The van der Waals surface area contributed by atoms with E-state index in [0.29, 0.717) is 11.5 Å². The predicted octanol–water partition coefficient (Wildman–Crippen LogP) is 1.06. The van der Waals surface area contributed by atoms with Crippen LogP contribution in [-0.4, -0.2) is 31.5 Å². The molecule has 0 saturated heterocycles. The molecule has 0 unspecified atom stereocenters. The fraction of sp³-hybridized carbons (Fsp3) is 0.300. The van der Waals surface area contributed by atoms with Crippen LogP contribution in [0.4, 0.5) is 11.5 Å². The lowest BCUT2D eigenvalue weighted by molar-refractivity contribution is 0.0692. The summed E-state index contributed by atoms with van der Waals surface area (Å²) in [5.74, 6) is -0.452. The zero-order valence-corrected chi connectivity index (χ0v) is 8.95. The highest BCUT2D eigenvalue weighted by molar-refractivity contribution is 5.95. The van der Waals surface area contributed by atoms with E-state index in [9.17, 15) is 4.79 Å². The highest BCUT2D eigenvalue weighted by Crippen LogP contribution is 2.33. The van der Waals surface area contributed by atoms with Crippen molar-refractivity contribution in [3.63, 3.8) is 0 Å². The van der Waals surface area contributed by atoms with Gasteiger partial charge in [-0.1, -0.05) is 0 Å². The Morgan fingerprint density at radius 3 is 3.06 bits per heavy atom. The Balaban J connectivity index is 2.04. The minimum absolute atomic E-state index is 0.192. The zero-order valence-electron chi connectivity index (χ0n) is 8.95. The van der Waals surface area contributed by atoms with E-state index in [1.165, 1.54) is 6.20 Å². The van der Waals surface area contributed by atoms with Crippen LogP contribution in [0, 0.1) is 0 Å². The Labute approximate surface area is 96.2 Å². The molecule has 3 rings (SSSR count). The van der Waals surface area contributed by atoms with Crippen LogP contribution in [-0.2, 0) is 12.8 Å². The van der Waals surface area contributed by atoms with Crippen molar-refractivity contribution in [2.75, 3.05) is 5.32 Å². The van der Waals surface area contributed by atoms with Crippen molar-refractivity contribution in [2.24, 2.45) is 0 Å². The Morgan fingerprint density at radius 1 is 1.47 bits per heavy atom. The van der Waals surface area contributed by atoms with E-state index in [0.717, 1.165) is 30.5 Å². The average molecular weight is 233 g/mol. The first-order valence-corrected chi connectivity index (χ1v) is 5.35. The molecule has 0 amide bonds. The lowest BCUT2D eigenvalue weighted by Gasteiger charge is -2.04. The van der Waals surface area contributed by atoms with Gasteiger partial charge in [0.25, 0.3) is 0 Å². The van der Waals surface area contributed by atoms with E-state index in [-0.39, 0.29) is 5.69 Å². The molecule has 0 fully saturated rings. The maximum Gasteiger partial charge on any atom is 0.354 e. The summed E-state index contributed by atoms with van der Waals surface area (Å²) >= 11 is 0. The normalized spacial score (nSPS) is 13.6. The number of hydrogen-bond acceptors (Lipinski definition) is 4. The first-order valence-electron chi connectivity index (χ1n) is 5.35. The van der Waals surface area contributed by atoms with Crippen LogP contribution in [0.5, 0.6) is 0 Å². The first kappa shape index (κ1) is 9.88. The van der Waals surface area contributed by atoms with Crippen molar-refractivity contribution in [3.8, 4) is 0 Å². The van der Waals surface area contributed by atoms with Gasteiger partial charge in [-0.2, -0.15) is 10.3 Å². The van der Waals surface area contributed by atoms with Gasteiger partial charge in [-0.15, -0.1) is 5.10 Å². The standard InChI is InChI=1S/C10H11N5O2/c16-10(17)9-8(13-7-4-11-15-14-7)5-2-1-3-6(5)12-9/h4,12H,1-3H2,(H,16,17)(H2,11,13,14,15). The SMILES string of the molecule is O=C(O)c1[nH]c2c(c1Nc1cn[nH]n1)CCC2. The second-order valence-corrected chi connectivity index (χ2v) is 3.97. The molecule has 2 aromatic heterocycles. The quantitative estimate of drug-likeness (QED) is 0.634. The van der Waals surface area contributed by atoms with Crippen molar-refractivity contribution in [3.05, 3.63) is 23.1 Å². The van der Waals surface area contributed by atoms with Gasteiger partial charge >= 0.3 is 5.97 Å². The molecule has 17 heavy (non-hydrogen) atoms. The van der Waals surface area contributed by atoms with E-state index in [1.807, 2.05) is 0 Å². The third-order valence-electron chi connectivity index (χ3n) is 2.93. The molecule has 1 aliphatic carbocycles. The Bertz CT molecular complexity index is 558. The summed E-state index contributed by atoms with van der Waals surface area (Å²) in [4.78, 5) is 14.1. The third-order valence-corrected chi connectivity index (χ3v) is 2.93. The van der Waals surface area contributed by atoms with Crippen LogP contribution < -0.4 is 5.32 Å². The summed E-state index contributed by atoms with van der Waals surface area (Å²) in [5, 5.41) is 22.1. The number of hydrogen-bond donors (Lipinski definition) is 4. The van der Waals surface area contributed by atoms with Crippen LogP contribution in [0.2, 0.25) is 0 Å². The van der Waals surface area contributed by atoms with Crippen molar-refractivity contribution in [2.45, 2.75) is 19.3 Å². The minimum atomic E-state index is -0.967. The van der Waals surface area contributed by atoms with Crippen molar-refractivity contribution < 1.29 is 9.90 Å². The number of H-pyrrole nitrogens is 2. The van der Waals surface area contributed by atoms with Gasteiger partial charge in [-0.25, -0.2) is 4.79 Å². The van der Waals surface area contributed by atoms with Crippen molar-refractivity contribution in [1.82, 2.24) is 20.4 Å². The third kappa shape index (κ3) is 1.55. The molecule has 0 aromatic carbocycles. The number of aromatic nitrogens is 4. The molecular weight excluding hydrogens is 222 g/mol. The molecule has 0 saturated carbocycles. The molecule has 0 spiro atoms. The summed E-state index contributed by atoms with van der Waals surface area (Å²) in [5.41, 5.74) is 2.86. The zero-order chi connectivity index (χ0) is 11.8. The molecule has 88 valence electrons. The number of anilines is 2. The van der Waals surface area contributed by atoms with Crippen LogP contribution in [0.1, 0.15) is 28.2 Å². The largest absolute Gasteiger partial charge is 0.477 e. The molecule has 2 aromatic rings. The number of aryl methyl sites for hydroxylation is 1. The fourth-order valence-corrected chi connectivity index (χ4v) is 2.21. The van der Waals surface area contributed by atoms with E-state index in [4.69, 9.17) is 5.11 Å². The summed E-state index contributed by atoms with van der Waals surface area (Å²) in [7, 11) is 0. The van der Waals surface area contributed by atoms with Gasteiger partial charge < -0.3 is 15.4 Å². The van der Waals surface area contributed by atoms with Gasteiger partial charge in [0.15, 0.2) is 5.82 Å². The Morgan fingerprint density at radius 2 is 2.35 bits per heavy atom. The van der Waals surface area contributed by atoms with Gasteiger partial charge in [-0.05, 0) is 24.8 Å². The monoisotopic (exact) mass is 233 g/mol. The van der Waals surface area contributed by atoms with E-state index < -0.39 is 5.97 Å². The number of aromatic amines is 2. The lowest BCUT2D eigenvalue weighted by atomic mass is 10.2. The van der Waals surface area contributed by atoms with Crippen LogP contribution >= 0.6 is 0 Å². The predicted molar refractivity (Wildman–Crippen MR) is 59.4 cm³/mol. The number of aromatic carboxylic acids is 1. The van der Waals surface area contributed by atoms with Crippen LogP contribution in [0.3, 0.4) is 0 Å². The minimum Gasteiger partial charge on any atom is -0.477 e. The molecule has 7 nitrogen and oxygen atoms in total. The molecule has 4 N–H and O–H groups in total. The molecule has 7 heteroatoms. The van der Waals surface area contributed by atoms with Crippen molar-refractivity contribution >= 4 is 17.5 Å². The number of nitrogens with zero attached hydrogens (tertiary/aromatic N) is 2. The molecule has 0 atom stereocenters. The van der Waals surface area contributed by atoms with Crippen LogP contribution in [0.15, 0.2) is 6.20 Å². The number of carbonyl (C=O) groups is 1. The number of carboxylic acids is 1. The molecular formula is C10H11N5O2. The number of fused-ring (bicyclic) bond motifs is 1. The van der Waals surface area contributed by atoms with Gasteiger partial charge in [0.1, 0.15) is 5.69 Å². The molecule has 1 aliphatic rings. The Hall–Kier alpha value is -2.31. The second kappa shape index (κ2) is 3.62. The first-order chi connectivity index (χ1) is 8.25. The lowest BCUT2D eigenvalue weighted by Crippen LogP contribution is -2.03. The average Bonchev–Trinajstić information content (AvgIpc) is 2.96. The number of nitrogens with one attached hydrogen (secondary N) is 3. The molecule has 0 bridgehead atoms. The highest BCUT2D eigenvalue weighted by Gasteiger charge is 2.25. The number of carboxylic acid groups (broad SMARTS) is 1. The molecule has 0 radical (unpaired) electrons. The maximum absolute atomic E-state index is 11.1. The van der Waals surface area contributed by atoms with E-state index >= 15 is 0 Å². The second-order valence-electron chi connectivity index (χ2n) is 3.97. The summed E-state index contributed by atoms with van der Waals surface area (Å²) in [6.45, 7) is 0. The van der Waals surface area contributed by atoms with E-state index in [2.05, 4.69) is 25.7 Å². The van der Waals surface area contributed by atoms with Crippen LogP contribution in [0.25, 0.3) is 0 Å². The van der Waals surface area contributed by atoms with Gasteiger partial charge in [0.05, 0.1) is 11.9 Å². The fourth-order valence-electron chi connectivity index (χ4n) is 2.21. The summed E-state index contributed by atoms with van der Waals surface area (Å²) in [6, 6.07) is 0. The summed E-state index contributed by atoms with van der Waals surface area (Å²) < 4.78 is 0. The van der Waals surface area contributed by atoms with Crippen molar-refractivity contribution in [1.29, 1.82) is 0 Å². The Kier molecular flexibility index (Phi) is 2.10. The van der Waals surface area contributed by atoms with Gasteiger partial charge in [0, 0.05) is 5.69 Å².